The number of carbonyl (C=O) groups excluding carboxylic acids is 1. The van der Waals surface area contributed by atoms with Gasteiger partial charge < -0.3 is 19.6 Å². The normalized spacial score (nSPS) is 13.2. The number of carboxylic acids is 1. The van der Waals surface area contributed by atoms with Gasteiger partial charge in [0.1, 0.15) is 0 Å². The minimum atomic E-state index is -1.14. The van der Waals surface area contributed by atoms with Gasteiger partial charge in [0.05, 0.1) is 23.8 Å². The van der Waals surface area contributed by atoms with Gasteiger partial charge in [0.2, 0.25) is 11.8 Å². The number of halogens is 1. The molecule has 2 atom stereocenters. The second-order valence-electron chi connectivity index (χ2n) is 5.43. The lowest BCUT2D eigenvalue weighted by molar-refractivity contribution is -0.143. The molecule has 1 aromatic heterocycles. The van der Waals surface area contributed by atoms with Crippen LogP contribution in [0.25, 0.3) is 11.3 Å². The number of oxazole rings is 1. The molecule has 9 heteroatoms. The van der Waals surface area contributed by atoms with E-state index < -0.39 is 17.3 Å². The summed E-state index contributed by atoms with van der Waals surface area (Å²) in [6.45, 7) is 1.59. The van der Waals surface area contributed by atoms with Crippen LogP contribution in [-0.2, 0) is 20.1 Å². The average molecular weight is 399 g/mol. The number of aliphatic carboxylic acids is 1. The third-order valence-electron chi connectivity index (χ3n) is 3.46. The van der Waals surface area contributed by atoms with Crippen molar-refractivity contribution in [3.05, 3.63) is 41.4 Å². The SMILES string of the molecule is COCC(NC(=O)C(C)SCc1ncc(-c2ccc(Cl)cc2)o1)C(=O)O. The van der Waals surface area contributed by atoms with Crippen LogP contribution in [0.4, 0.5) is 0 Å². The lowest BCUT2D eigenvalue weighted by Gasteiger charge is -2.16. The van der Waals surface area contributed by atoms with Crippen molar-refractivity contribution in [3.8, 4) is 11.3 Å². The summed E-state index contributed by atoms with van der Waals surface area (Å²) in [5.74, 6) is -0.0576. The molecule has 2 aromatic rings. The van der Waals surface area contributed by atoms with E-state index in [0.717, 1.165) is 5.56 Å². The largest absolute Gasteiger partial charge is 0.480 e. The third kappa shape index (κ3) is 5.76. The second kappa shape index (κ2) is 9.61. The summed E-state index contributed by atoms with van der Waals surface area (Å²) < 4.78 is 10.5. The van der Waals surface area contributed by atoms with Gasteiger partial charge in [0.15, 0.2) is 11.8 Å². The van der Waals surface area contributed by atoms with E-state index >= 15 is 0 Å². The third-order valence-corrected chi connectivity index (χ3v) is 4.84. The molecule has 0 bridgehead atoms. The van der Waals surface area contributed by atoms with Crippen LogP contribution in [0.2, 0.25) is 5.02 Å². The first-order valence-corrected chi connectivity index (χ1v) is 9.17. The number of ether oxygens (including phenoxy) is 1. The molecule has 2 N–H and O–H groups in total. The molecule has 0 aliphatic carbocycles. The van der Waals surface area contributed by atoms with Crippen molar-refractivity contribution in [2.75, 3.05) is 13.7 Å². The molecule has 0 radical (unpaired) electrons. The van der Waals surface area contributed by atoms with Crippen molar-refractivity contribution in [2.24, 2.45) is 0 Å². The van der Waals surface area contributed by atoms with E-state index in [9.17, 15) is 9.59 Å². The van der Waals surface area contributed by atoms with E-state index in [1.165, 1.54) is 18.9 Å². The number of benzene rings is 1. The van der Waals surface area contributed by atoms with Crippen molar-refractivity contribution in [1.29, 1.82) is 0 Å². The van der Waals surface area contributed by atoms with Crippen LogP contribution in [0.3, 0.4) is 0 Å². The standard InChI is InChI=1S/C17H19ClN2O5S/c1-10(16(21)20-13(8-24-2)17(22)23)26-9-15-19-7-14(25-15)11-3-5-12(18)6-4-11/h3-7,10,13H,8-9H2,1-2H3,(H,20,21)(H,22,23). The zero-order chi connectivity index (χ0) is 19.1. The van der Waals surface area contributed by atoms with Crippen molar-refractivity contribution < 1.29 is 23.8 Å². The quantitative estimate of drug-likeness (QED) is 0.669. The van der Waals surface area contributed by atoms with E-state index in [1.54, 1.807) is 25.3 Å². The highest BCUT2D eigenvalue weighted by molar-refractivity contribution is 7.99. The summed E-state index contributed by atoms with van der Waals surface area (Å²) in [4.78, 5) is 27.3. The van der Waals surface area contributed by atoms with Crippen LogP contribution >= 0.6 is 23.4 Å². The Morgan fingerprint density at radius 2 is 2.08 bits per heavy atom. The number of nitrogens with zero attached hydrogens (tertiary/aromatic N) is 1. The van der Waals surface area contributed by atoms with Gasteiger partial charge in [-0.25, -0.2) is 9.78 Å². The maximum Gasteiger partial charge on any atom is 0.328 e. The molecule has 2 unspecified atom stereocenters. The molecule has 0 saturated carbocycles. The zero-order valence-electron chi connectivity index (χ0n) is 14.3. The van der Waals surface area contributed by atoms with Crippen molar-refractivity contribution in [2.45, 2.75) is 24.0 Å². The molecule has 1 amide bonds. The molecule has 0 spiro atoms. The first-order valence-electron chi connectivity index (χ1n) is 7.75. The molecular formula is C17H19ClN2O5S. The summed E-state index contributed by atoms with van der Waals surface area (Å²) in [6, 6.07) is 6.11. The molecule has 0 saturated heterocycles. The van der Waals surface area contributed by atoms with Crippen LogP contribution in [0, 0.1) is 0 Å². The number of thioether (sulfide) groups is 1. The van der Waals surface area contributed by atoms with E-state index in [0.29, 0.717) is 22.4 Å². The van der Waals surface area contributed by atoms with Gasteiger partial charge >= 0.3 is 5.97 Å². The summed E-state index contributed by atoms with van der Waals surface area (Å²) in [5.41, 5.74) is 0.854. The zero-order valence-corrected chi connectivity index (χ0v) is 15.8. The van der Waals surface area contributed by atoms with Gasteiger partial charge in [0.25, 0.3) is 0 Å². The Bertz CT molecular complexity index is 750. The van der Waals surface area contributed by atoms with Gasteiger partial charge in [-0.2, -0.15) is 0 Å². The van der Waals surface area contributed by atoms with Gasteiger partial charge in [-0.15, -0.1) is 11.8 Å². The second-order valence-corrected chi connectivity index (χ2v) is 7.20. The minimum Gasteiger partial charge on any atom is -0.480 e. The molecular weight excluding hydrogens is 380 g/mol. The highest BCUT2D eigenvalue weighted by atomic mass is 35.5. The molecule has 1 aromatic carbocycles. The summed E-state index contributed by atoms with van der Waals surface area (Å²) >= 11 is 7.16. The number of nitrogens with one attached hydrogen (secondary N) is 1. The highest BCUT2D eigenvalue weighted by Gasteiger charge is 2.23. The molecule has 140 valence electrons. The Kier molecular flexibility index (Phi) is 7.50. The van der Waals surface area contributed by atoms with Crippen LogP contribution in [0.5, 0.6) is 0 Å². The number of methoxy groups -OCH3 is 1. The van der Waals surface area contributed by atoms with E-state index in [4.69, 9.17) is 25.9 Å². The molecule has 1 heterocycles. The smallest absolute Gasteiger partial charge is 0.328 e. The molecule has 26 heavy (non-hydrogen) atoms. The number of hydrogen-bond acceptors (Lipinski definition) is 6. The molecule has 0 fully saturated rings. The van der Waals surface area contributed by atoms with Crippen molar-refractivity contribution >= 4 is 35.2 Å². The fraction of sp³-hybridized carbons (Fsp3) is 0.353. The van der Waals surface area contributed by atoms with Gasteiger partial charge in [-0.3, -0.25) is 4.79 Å². The predicted molar refractivity (Wildman–Crippen MR) is 99.1 cm³/mol. The highest BCUT2D eigenvalue weighted by Crippen LogP contribution is 2.25. The van der Waals surface area contributed by atoms with Crippen molar-refractivity contribution in [3.63, 3.8) is 0 Å². The number of carboxylic acid groups (broad SMARTS) is 1. The fourth-order valence-electron chi connectivity index (χ4n) is 2.03. The average Bonchev–Trinajstić information content (AvgIpc) is 3.08. The van der Waals surface area contributed by atoms with E-state index in [2.05, 4.69) is 10.3 Å². The minimum absolute atomic E-state index is 0.0946. The van der Waals surface area contributed by atoms with Crippen LogP contribution in [0.1, 0.15) is 12.8 Å². The summed E-state index contributed by atoms with van der Waals surface area (Å²) in [5, 5.41) is 11.6. The predicted octanol–water partition coefficient (Wildman–Crippen LogP) is 2.83. The topological polar surface area (TPSA) is 102 Å². The number of carbonyl (C=O) groups is 2. The molecule has 7 nitrogen and oxygen atoms in total. The lowest BCUT2D eigenvalue weighted by atomic mass is 10.2. The number of aromatic nitrogens is 1. The Morgan fingerprint density at radius 3 is 2.69 bits per heavy atom. The summed E-state index contributed by atoms with van der Waals surface area (Å²) in [7, 11) is 1.38. The Morgan fingerprint density at radius 1 is 1.38 bits per heavy atom. The van der Waals surface area contributed by atoms with E-state index in [1.807, 2.05) is 12.1 Å². The van der Waals surface area contributed by atoms with E-state index in [-0.39, 0.29) is 12.5 Å². The Balaban J connectivity index is 1.89. The maximum atomic E-state index is 12.1. The van der Waals surface area contributed by atoms with Gasteiger partial charge in [0, 0.05) is 17.7 Å². The van der Waals surface area contributed by atoms with Crippen LogP contribution in [0.15, 0.2) is 34.9 Å². The molecule has 2 rings (SSSR count). The van der Waals surface area contributed by atoms with Gasteiger partial charge in [-0.05, 0) is 31.2 Å². The first-order chi connectivity index (χ1) is 12.4. The number of hydrogen-bond donors (Lipinski definition) is 2. The van der Waals surface area contributed by atoms with Crippen molar-refractivity contribution in [1.82, 2.24) is 10.3 Å². The molecule has 0 aliphatic rings. The number of rotatable bonds is 9. The lowest BCUT2D eigenvalue weighted by Crippen LogP contribution is -2.46. The van der Waals surface area contributed by atoms with Crippen LogP contribution < -0.4 is 5.32 Å². The first kappa shape index (κ1) is 20.3. The van der Waals surface area contributed by atoms with Crippen LogP contribution in [-0.4, -0.2) is 47.0 Å². The number of amides is 1. The Hall–Kier alpha value is -2.03. The monoisotopic (exact) mass is 398 g/mol. The van der Waals surface area contributed by atoms with Gasteiger partial charge in [-0.1, -0.05) is 11.6 Å². The molecule has 0 aliphatic heterocycles. The maximum absolute atomic E-state index is 12.1. The Labute approximate surface area is 160 Å². The summed E-state index contributed by atoms with van der Waals surface area (Å²) in [6.07, 6.45) is 1.61. The fourth-order valence-corrected chi connectivity index (χ4v) is 2.90.